The van der Waals surface area contributed by atoms with Crippen LogP contribution in [0.5, 0.6) is 5.75 Å². The lowest BCUT2D eigenvalue weighted by atomic mass is 10.1. The van der Waals surface area contributed by atoms with Crippen LogP contribution in [-0.2, 0) is 0 Å². The van der Waals surface area contributed by atoms with E-state index in [1.165, 1.54) is 12.1 Å². The van der Waals surface area contributed by atoms with Crippen LogP contribution in [0.1, 0.15) is 13.8 Å². The van der Waals surface area contributed by atoms with Crippen LogP contribution in [0.15, 0.2) is 24.3 Å². The van der Waals surface area contributed by atoms with Gasteiger partial charge in [-0.2, -0.15) is 0 Å². The third kappa shape index (κ3) is 4.74. The van der Waals surface area contributed by atoms with Gasteiger partial charge in [-0.15, -0.1) is 6.42 Å². The SMILES string of the molecule is C#CC(C)(C)NCC(O)COc1ccccc1F. The van der Waals surface area contributed by atoms with E-state index in [4.69, 9.17) is 11.2 Å². The highest BCUT2D eigenvalue weighted by Gasteiger charge is 2.15. The molecular formula is C14H18FNO2. The molecule has 0 aliphatic heterocycles. The second-order valence-electron chi connectivity index (χ2n) is 4.55. The van der Waals surface area contributed by atoms with Gasteiger partial charge in [0.2, 0.25) is 0 Å². The number of ether oxygens (including phenoxy) is 1. The van der Waals surface area contributed by atoms with Crippen LogP contribution in [0.25, 0.3) is 0 Å². The first kappa shape index (κ1) is 14.5. The quantitative estimate of drug-likeness (QED) is 0.754. The summed E-state index contributed by atoms with van der Waals surface area (Å²) in [7, 11) is 0. The highest BCUT2D eigenvalue weighted by atomic mass is 19.1. The zero-order chi connectivity index (χ0) is 13.6. The Morgan fingerprint density at radius 1 is 1.50 bits per heavy atom. The van der Waals surface area contributed by atoms with Crippen molar-refractivity contribution >= 4 is 0 Å². The van der Waals surface area contributed by atoms with Crippen LogP contribution in [0.3, 0.4) is 0 Å². The van der Waals surface area contributed by atoms with Crippen molar-refractivity contribution in [1.82, 2.24) is 5.32 Å². The van der Waals surface area contributed by atoms with Crippen molar-refractivity contribution in [3.63, 3.8) is 0 Å². The summed E-state index contributed by atoms with van der Waals surface area (Å²) in [6, 6.07) is 6.07. The molecule has 0 fully saturated rings. The topological polar surface area (TPSA) is 41.5 Å². The monoisotopic (exact) mass is 251 g/mol. The highest BCUT2D eigenvalue weighted by Crippen LogP contribution is 2.15. The van der Waals surface area contributed by atoms with E-state index in [9.17, 15) is 9.50 Å². The summed E-state index contributed by atoms with van der Waals surface area (Å²) in [6.45, 7) is 3.95. The van der Waals surface area contributed by atoms with Gasteiger partial charge in [-0.25, -0.2) is 4.39 Å². The van der Waals surface area contributed by atoms with Gasteiger partial charge < -0.3 is 9.84 Å². The number of para-hydroxylation sites is 1. The van der Waals surface area contributed by atoms with Crippen LogP contribution in [0.2, 0.25) is 0 Å². The molecular weight excluding hydrogens is 233 g/mol. The zero-order valence-electron chi connectivity index (χ0n) is 10.6. The molecule has 98 valence electrons. The van der Waals surface area contributed by atoms with Gasteiger partial charge in [0.05, 0.1) is 5.54 Å². The lowest BCUT2D eigenvalue weighted by Crippen LogP contribution is -2.43. The number of β-amino-alcohol motifs (C(OH)–C–C–N with tert-alkyl or cyclic N) is 1. The summed E-state index contributed by atoms with van der Waals surface area (Å²) in [5.41, 5.74) is -0.487. The Hall–Kier alpha value is -1.57. The van der Waals surface area contributed by atoms with E-state index in [2.05, 4.69) is 11.2 Å². The van der Waals surface area contributed by atoms with Crippen LogP contribution < -0.4 is 10.1 Å². The normalized spacial score (nSPS) is 12.8. The molecule has 0 heterocycles. The predicted molar refractivity (Wildman–Crippen MR) is 68.8 cm³/mol. The minimum Gasteiger partial charge on any atom is -0.488 e. The van der Waals surface area contributed by atoms with Crippen molar-refractivity contribution in [2.45, 2.75) is 25.5 Å². The van der Waals surface area contributed by atoms with E-state index < -0.39 is 17.5 Å². The minimum absolute atomic E-state index is 0.00852. The molecule has 0 saturated heterocycles. The van der Waals surface area contributed by atoms with Crippen molar-refractivity contribution < 1.29 is 14.2 Å². The molecule has 1 rings (SSSR count). The summed E-state index contributed by atoms with van der Waals surface area (Å²) in [5, 5.41) is 12.7. The molecule has 3 nitrogen and oxygen atoms in total. The van der Waals surface area contributed by atoms with Crippen LogP contribution in [0, 0.1) is 18.2 Å². The standard InChI is InChI=1S/C14H18FNO2/c1-4-14(2,3)16-9-11(17)10-18-13-8-6-5-7-12(13)15/h1,5-8,11,16-17H,9-10H2,2-3H3. The number of terminal acetylenes is 1. The molecule has 0 spiro atoms. The number of benzene rings is 1. The number of aliphatic hydroxyl groups excluding tert-OH is 1. The zero-order valence-corrected chi connectivity index (χ0v) is 10.6. The Bertz CT molecular complexity index is 426. The maximum absolute atomic E-state index is 13.2. The average Bonchev–Trinajstić information content (AvgIpc) is 2.35. The fourth-order valence-electron chi connectivity index (χ4n) is 1.23. The van der Waals surface area contributed by atoms with Crippen molar-refractivity contribution in [3.8, 4) is 18.1 Å². The third-order valence-electron chi connectivity index (χ3n) is 2.41. The van der Waals surface area contributed by atoms with Gasteiger partial charge >= 0.3 is 0 Å². The molecule has 1 atom stereocenters. The van der Waals surface area contributed by atoms with Crippen LogP contribution >= 0.6 is 0 Å². The molecule has 0 aromatic heterocycles. The van der Waals surface area contributed by atoms with Gasteiger partial charge in [0.1, 0.15) is 12.7 Å². The molecule has 0 bridgehead atoms. The van der Waals surface area contributed by atoms with Gasteiger partial charge in [0.15, 0.2) is 11.6 Å². The van der Waals surface area contributed by atoms with Crippen molar-refractivity contribution in [3.05, 3.63) is 30.1 Å². The van der Waals surface area contributed by atoms with E-state index >= 15 is 0 Å². The minimum atomic E-state index is -0.753. The summed E-state index contributed by atoms with van der Waals surface area (Å²) >= 11 is 0. The van der Waals surface area contributed by atoms with E-state index in [0.29, 0.717) is 0 Å². The molecule has 0 saturated carbocycles. The Labute approximate surface area is 107 Å². The Balaban J connectivity index is 2.36. The Morgan fingerprint density at radius 2 is 2.17 bits per heavy atom. The summed E-state index contributed by atoms with van der Waals surface area (Å²) < 4.78 is 18.4. The second-order valence-corrected chi connectivity index (χ2v) is 4.55. The molecule has 1 aromatic carbocycles. The largest absolute Gasteiger partial charge is 0.488 e. The summed E-state index contributed by atoms with van der Waals surface area (Å²) in [5.74, 6) is 2.25. The van der Waals surface area contributed by atoms with Crippen molar-refractivity contribution in [1.29, 1.82) is 0 Å². The van der Waals surface area contributed by atoms with E-state index in [0.717, 1.165) is 0 Å². The Kier molecular flexibility index (Phi) is 5.14. The number of nitrogens with one attached hydrogen (secondary N) is 1. The lowest BCUT2D eigenvalue weighted by Gasteiger charge is -2.22. The molecule has 4 heteroatoms. The summed E-state index contributed by atoms with van der Waals surface area (Å²) in [4.78, 5) is 0. The molecule has 0 aliphatic carbocycles. The third-order valence-corrected chi connectivity index (χ3v) is 2.41. The first-order valence-corrected chi connectivity index (χ1v) is 5.73. The van der Waals surface area contributed by atoms with Crippen molar-refractivity contribution in [2.24, 2.45) is 0 Å². The maximum Gasteiger partial charge on any atom is 0.165 e. The highest BCUT2D eigenvalue weighted by molar-refractivity contribution is 5.23. The van der Waals surface area contributed by atoms with Crippen LogP contribution in [-0.4, -0.2) is 29.9 Å². The first-order chi connectivity index (χ1) is 8.44. The number of rotatable bonds is 6. The molecule has 1 aromatic rings. The molecule has 2 N–H and O–H groups in total. The van der Waals surface area contributed by atoms with Crippen molar-refractivity contribution in [2.75, 3.05) is 13.2 Å². The fourth-order valence-corrected chi connectivity index (χ4v) is 1.23. The smallest absolute Gasteiger partial charge is 0.165 e. The molecule has 0 radical (unpaired) electrons. The van der Waals surface area contributed by atoms with E-state index in [1.807, 2.05) is 13.8 Å². The van der Waals surface area contributed by atoms with E-state index in [1.54, 1.807) is 12.1 Å². The molecule has 18 heavy (non-hydrogen) atoms. The molecule has 1 unspecified atom stereocenters. The molecule has 0 amide bonds. The lowest BCUT2D eigenvalue weighted by molar-refractivity contribution is 0.0999. The van der Waals surface area contributed by atoms with Gasteiger partial charge in [0.25, 0.3) is 0 Å². The average molecular weight is 251 g/mol. The van der Waals surface area contributed by atoms with E-state index in [-0.39, 0.29) is 18.9 Å². The number of halogens is 1. The number of hydrogen-bond donors (Lipinski definition) is 2. The predicted octanol–water partition coefficient (Wildman–Crippen LogP) is 1.57. The van der Waals surface area contributed by atoms with Gasteiger partial charge in [-0.3, -0.25) is 5.32 Å². The maximum atomic E-state index is 13.2. The van der Waals surface area contributed by atoms with Gasteiger partial charge in [-0.1, -0.05) is 18.1 Å². The first-order valence-electron chi connectivity index (χ1n) is 5.73. The van der Waals surface area contributed by atoms with Crippen LogP contribution in [0.4, 0.5) is 4.39 Å². The summed E-state index contributed by atoms with van der Waals surface area (Å²) in [6.07, 6.45) is 4.55. The number of aliphatic hydroxyl groups is 1. The van der Waals surface area contributed by atoms with Gasteiger partial charge in [0, 0.05) is 6.54 Å². The number of hydrogen-bond acceptors (Lipinski definition) is 3. The Morgan fingerprint density at radius 3 is 2.78 bits per heavy atom. The molecule has 0 aliphatic rings. The van der Waals surface area contributed by atoms with Gasteiger partial charge in [-0.05, 0) is 26.0 Å². The second kappa shape index (κ2) is 6.39. The fraction of sp³-hybridized carbons (Fsp3) is 0.429.